The van der Waals surface area contributed by atoms with Crippen molar-refractivity contribution in [1.82, 2.24) is 14.7 Å². The highest BCUT2D eigenvalue weighted by Crippen LogP contribution is 2.23. The molecule has 0 radical (unpaired) electrons. The second-order valence-corrected chi connectivity index (χ2v) is 6.15. The van der Waals surface area contributed by atoms with Gasteiger partial charge in [0, 0.05) is 38.8 Å². The van der Waals surface area contributed by atoms with Crippen molar-refractivity contribution >= 4 is 5.91 Å². The van der Waals surface area contributed by atoms with E-state index in [1.165, 1.54) is 25.8 Å². The van der Waals surface area contributed by atoms with Crippen molar-refractivity contribution in [1.29, 1.82) is 5.26 Å². The van der Waals surface area contributed by atoms with Crippen LogP contribution in [0.3, 0.4) is 0 Å². The largest absolute Gasteiger partial charge is 0.344 e. The molecule has 2 atom stereocenters. The van der Waals surface area contributed by atoms with Gasteiger partial charge >= 0.3 is 0 Å². The topological polar surface area (TPSA) is 50.6 Å². The second kappa shape index (κ2) is 7.05. The monoisotopic (exact) mass is 278 g/mol. The third kappa shape index (κ3) is 3.71. The van der Waals surface area contributed by atoms with Crippen molar-refractivity contribution < 1.29 is 4.79 Å². The number of piperazine rings is 1. The van der Waals surface area contributed by atoms with Gasteiger partial charge in [0.1, 0.15) is 0 Å². The van der Waals surface area contributed by atoms with Gasteiger partial charge in [0.05, 0.1) is 19.0 Å². The van der Waals surface area contributed by atoms with Crippen molar-refractivity contribution in [3.05, 3.63) is 0 Å². The zero-order chi connectivity index (χ0) is 14.5. The maximum atomic E-state index is 12.2. The van der Waals surface area contributed by atoms with E-state index in [-0.39, 0.29) is 5.91 Å². The minimum absolute atomic E-state index is 0.136. The van der Waals surface area contributed by atoms with Gasteiger partial charge in [0.15, 0.2) is 0 Å². The summed E-state index contributed by atoms with van der Waals surface area (Å²) in [5.41, 5.74) is 0. The van der Waals surface area contributed by atoms with Crippen molar-refractivity contribution in [2.45, 2.75) is 44.7 Å². The Kier molecular flexibility index (Phi) is 5.38. The van der Waals surface area contributed by atoms with E-state index in [1.54, 1.807) is 11.9 Å². The summed E-state index contributed by atoms with van der Waals surface area (Å²) in [6.45, 7) is 6.56. The number of piperidine rings is 1. The third-order valence-electron chi connectivity index (χ3n) is 4.64. The molecule has 0 bridgehead atoms. The van der Waals surface area contributed by atoms with Crippen molar-refractivity contribution in [3.8, 4) is 6.07 Å². The number of hydrogen-bond acceptors (Lipinski definition) is 4. The first kappa shape index (κ1) is 15.3. The first-order valence-corrected chi connectivity index (χ1v) is 7.71. The van der Waals surface area contributed by atoms with Gasteiger partial charge in [-0.05, 0) is 26.3 Å². The van der Waals surface area contributed by atoms with E-state index < -0.39 is 0 Å². The molecule has 20 heavy (non-hydrogen) atoms. The van der Waals surface area contributed by atoms with E-state index in [0.29, 0.717) is 31.6 Å². The fourth-order valence-corrected chi connectivity index (χ4v) is 3.27. The molecule has 112 valence electrons. The smallest absolute Gasteiger partial charge is 0.236 e. The molecule has 0 N–H and O–H groups in total. The summed E-state index contributed by atoms with van der Waals surface area (Å²) in [6.07, 6.45) is 4.31. The van der Waals surface area contributed by atoms with Crippen LogP contribution >= 0.6 is 0 Å². The number of hydrogen-bond donors (Lipinski definition) is 0. The van der Waals surface area contributed by atoms with Crippen LogP contribution in [0.5, 0.6) is 0 Å². The lowest BCUT2D eigenvalue weighted by Gasteiger charge is -2.47. The van der Waals surface area contributed by atoms with Crippen LogP contribution in [0.4, 0.5) is 0 Å². The van der Waals surface area contributed by atoms with Gasteiger partial charge in [0.25, 0.3) is 0 Å². The number of carbonyl (C=O) groups excluding carboxylic acids is 1. The third-order valence-corrected chi connectivity index (χ3v) is 4.64. The van der Waals surface area contributed by atoms with E-state index in [2.05, 4.69) is 22.8 Å². The molecule has 2 unspecified atom stereocenters. The molecule has 2 rings (SSSR count). The molecule has 0 aromatic heterocycles. The number of rotatable bonds is 4. The first-order valence-electron chi connectivity index (χ1n) is 7.71. The molecular weight excluding hydrogens is 252 g/mol. The highest BCUT2D eigenvalue weighted by molar-refractivity contribution is 5.78. The summed E-state index contributed by atoms with van der Waals surface area (Å²) in [5, 5.41) is 8.59. The van der Waals surface area contributed by atoms with Crippen LogP contribution in [0.25, 0.3) is 0 Å². The quantitative estimate of drug-likeness (QED) is 0.767. The minimum atomic E-state index is 0.136. The molecule has 0 aromatic carbocycles. The molecule has 2 aliphatic rings. The summed E-state index contributed by atoms with van der Waals surface area (Å²) in [7, 11) is 1.79. The molecule has 0 saturated carbocycles. The van der Waals surface area contributed by atoms with Gasteiger partial charge in [-0.3, -0.25) is 14.6 Å². The Bertz CT molecular complexity index is 379. The molecule has 5 heteroatoms. The van der Waals surface area contributed by atoms with Crippen LogP contribution in [0.15, 0.2) is 0 Å². The number of likely N-dealkylation sites (N-methyl/N-ethyl adjacent to an activating group) is 1. The number of amides is 1. The number of fused-ring (bicyclic) bond motifs is 1. The van der Waals surface area contributed by atoms with Gasteiger partial charge in [-0.2, -0.15) is 5.26 Å². The fraction of sp³-hybridized carbons (Fsp3) is 0.867. The van der Waals surface area contributed by atoms with Crippen LogP contribution in [0, 0.1) is 11.3 Å². The standard InChI is InChI=1S/C15H26N4O/c1-13-10-18-9-4-3-6-14(18)11-19(13)12-15(20)17(2)8-5-7-16/h13-14H,3-6,8-12H2,1-2H3. The van der Waals surface area contributed by atoms with Gasteiger partial charge in [-0.25, -0.2) is 0 Å². The Morgan fingerprint density at radius 2 is 2.20 bits per heavy atom. The zero-order valence-corrected chi connectivity index (χ0v) is 12.7. The fourth-order valence-electron chi connectivity index (χ4n) is 3.27. The highest BCUT2D eigenvalue weighted by atomic mass is 16.2. The molecule has 2 heterocycles. The number of nitriles is 1. The Hall–Kier alpha value is -1.12. The van der Waals surface area contributed by atoms with Gasteiger partial charge in [-0.15, -0.1) is 0 Å². The summed E-state index contributed by atoms with van der Waals surface area (Å²) >= 11 is 0. The molecule has 5 nitrogen and oxygen atoms in total. The van der Waals surface area contributed by atoms with Crippen LogP contribution < -0.4 is 0 Å². The first-order chi connectivity index (χ1) is 9.61. The lowest BCUT2D eigenvalue weighted by Crippen LogP contribution is -2.60. The summed E-state index contributed by atoms with van der Waals surface area (Å²) in [6, 6.07) is 3.17. The molecule has 0 spiro atoms. The maximum Gasteiger partial charge on any atom is 0.236 e. The Morgan fingerprint density at radius 3 is 2.95 bits per heavy atom. The lowest BCUT2D eigenvalue weighted by molar-refractivity contribution is -0.132. The normalized spacial score (nSPS) is 27.6. The molecule has 2 aliphatic heterocycles. The maximum absolute atomic E-state index is 12.2. The van der Waals surface area contributed by atoms with E-state index in [1.807, 2.05) is 0 Å². The molecular formula is C15H26N4O. The van der Waals surface area contributed by atoms with Crippen molar-refractivity contribution in [2.75, 3.05) is 39.8 Å². The highest BCUT2D eigenvalue weighted by Gasteiger charge is 2.33. The van der Waals surface area contributed by atoms with Crippen LogP contribution in [0.1, 0.15) is 32.6 Å². The predicted molar refractivity (Wildman–Crippen MR) is 78.1 cm³/mol. The minimum Gasteiger partial charge on any atom is -0.344 e. The molecule has 1 amide bonds. The molecule has 2 saturated heterocycles. The second-order valence-electron chi connectivity index (χ2n) is 6.15. The van der Waals surface area contributed by atoms with E-state index in [9.17, 15) is 4.79 Å². The Morgan fingerprint density at radius 1 is 1.40 bits per heavy atom. The predicted octanol–water partition coefficient (Wildman–Crippen LogP) is 0.917. The summed E-state index contributed by atoms with van der Waals surface area (Å²) in [4.78, 5) is 18.8. The van der Waals surface area contributed by atoms with Crippen LogP contribution in [0.2, 0.25) is 0 Å². The molecule has 0 aromatic rings. The lowest BCUT2D eigenvalue weighted by atomic mass is 9.97. The van der Waals surface area contributed by atoms with Gasteiger partial charge in [-0.1, -0.05) is 6.42 Å². The summed E-state index contributed by atoms with van der Waals surface area (Å²) in [5.74, 6) is 0.136. The Labute approximate surface area is 122 Å². The SMILES string of the molecule is CC1CN2CCCCC2CN1CC(=O)N(C)CCC#N. The summed E-state index contributed by atoms with van der Waals surface area (Å²) < 4.78 is 0. The average Bonchev–Trinajstić information content (AvgIpc) is 2.45. The van der Waals surface area contributed by atoms with E-state index in [4.69, 9.17) is 5.26 Å². The van der Waals surface area contributed by atoms with Crippen molar-refractivity contribution in [2.24, 2.45) is 0 Å². The Balaban J connectivity index is 1.85. The van der Waals surface area contributed by atoms with E-state index in [0.717, 1.165) is 13.1 Å². The van der Waals surface area contributed by atoms with Crippen molar-refractivity contribution in [3.63, 3.8) is 0 Å². The average molecular weight is 278 g/mol. The molecule has 2 fully saturated rings. The van der Waals surface area contributed by atoms with Gasteiger partial charge < -0.3 is 4.90 Å². The molecule has 0 aliphatic carbocycles. The zero-order valence-electron chi connectivity index (χ0n) is 12.7. The van der Waals surface area contributed by atoms with E-state index >= 15 is 0 Å². The number of carbonyl (C=O) groups is 1. The van der Waals surface area contributed by atoms with Crippen LogP contribution in [-0.4, -0.2) is 72.5 Å². The van der Waals surface area contributed by atoms with Gasteiger partial charge in [0.2, 0.25) is 5.91 Å². The number of nitrogens with zero attached hydrogens (tertiary/aromatic N) is 4. The van der Waals surface area contributed by atoms with Crippen LogP contribution in [-0.2, 0) is 4.79 Å².